The van der Waals surface area contributed by atoms with Gasteiger partial charge in [0.2, 0.25) is 0 Å². The van der Waals surface area contributed by atoms with Gasteiger partial charge in [-0.05, 0) is 71.2 Å². The average Bonchev–Trinajstić information content (AvgIpc) is 2.34. The van der Waals surface area contributed by atoms with Crippen molar-refractivity contribution < 1.29 is 0 Å². The van der Waals surface area contributed by atoms with Crippen molar-refractivity contribution in [3.05, 3.63) is 67.7 Å². The van der Waals surface area contributed by atoms with E-state index < -0.39 is 0 Å². The van der Waals surface area contributed by atoms with Crippen molar-refractivity contribution >= 4 is 38.5 Å². The summed E-state index contributed by atoms with van der Waals surface area (Å²) in [6, 6.07) is 17.2. The summed E-state index contributed by atoms with van der Waals surface area (Å²) in [5.74, 6) is 0. The first-order valence-electron chi connectivity index (χ1n) is 5.73. The minimum atomic E-state index is 1.15. The summed E-state index contributed by atoms with van der Waals surface area (Å²) in [6.45, 7) is 0. The third-order valence-corrected chi connectivity index (χ3v) is 4.36. The first-order valence-corrected chi connectivity index (χ1v) is 7.61. The van der Waals surface area contributed by atoms with Gasteiger partial charge in [0, 0.05) is 8.04 Å². The summed E-state index contributed by atoms with van der Waals surface area (Å²) in [5, 5.41) is 0. The summed E-state index contributed by atoms with van der Waals surface area (Å²) < 4.78 is 2.53. The van der Waals surface area contributed by atoms with Crippen molar-refractivity contribution in [1.29, 1.82) is 0 Å². The van der Waals surface area contributed by atoms with Crippen molar-refractivity contribution in [1.82, 2.24) is 0 Å². The van der Waals surface area contributed by atoms with Crippen LogP contribution in [-0.4, -0.2) is 0 Å². The molecule has 0 aromatic heterocycles. The molecule has 0 radical (unpaired) electrons. The van der Waals surface area contributed by atoms with Crippen LogP contribution in [0.4, 0.5) is 0 Å². The molecule has 0 saturated carbocycles. The van der Waals surface area contributed by atoms with Gasteiger partial charge in [0.1, 0.15) is 0 Å². The number of hydrogen-bond acceptors (Lipinski definition) is 0. The normalized spacial score (nSPS) is 10.5. The minimum absolute atomic E-state index is 1.15. The molecule has 0 saturated heterocycles. The quantitative estimate of drug-likeness (QED) is 0.616. The van der Waals surface area contributed by atoms with E-state index in [0.29, 0.717) is 0 Å². The van der Waals surface area contributed by atoms with E-state index in [2.05, 4.69) is 87.1 Å². The zero-order valence-corrected chi connectivity index (χ0v) is 13.2. The lowest BCUT2D eigenvalue weighted by atomic mass is 10.0. The van der Waals surface area contributed by atoms with E-state index in [1.807, 2.05) is 0 Å². The predicted molar refractivity (Wildman–Crippen MR) is 85.3 cm³/mol. The van der Waals surface area contributed by atoms with E-state index in [9.17, 15) is 0 Å². The Labute approximate surface area is 125 Å². The monoisotopic (exact) mass is 400 g/mol. The molecule has 0 nitrogen and oxygen atoms in total. The smallest absolute Gasteiger partial charge is 0.0175 e. The van der Waals surface area contributed by atoms with Gasteiger partial charge in [0.15, 0.2) is 0 Å². The molecule has 0 heterocycles. The fraction of sp³-hybridized carbons (Fsp3) is 0.200. The fourth-order valence-electron chi connectivity index (χ4n) is 1.84. The Kier molecular flexibility index (Phi) is 5.04. The average molecular weight is 401 g/mol. The van der Waals surface area contributed by atoms with Crippen LogP contribution < -0.4 is 0 Å². The van der Waals surface area contributed by atoms with Gasteiger partial charge in [-0.3, -0.25) is 0 Å². The van der Waals surface area contributed by atoms with Gasteiger partial charge >= 0.3 is 0 Å². The lowest BCUT2D eigenvalue weighted by Crippen LogP contribution is -1.92. The highest BCUT2D eigenvalue weighted by Crippen LogP contribution is 2.16. The third-order valence-electron chi connectivity index (χ3n) is 2.78. The van der Waals surface area contributed by atoms with Crippen LogP contribution in [0.25, 0.3) is 0 Å². The van der Waals surface area contributed by atoms with E-state index in [0.717, 1.165) is 17.3 Å². The van der Waals surface area contributed by atoms with Crippen LogP contribution in [0.5, 0.6) is 0 Å². The molecule has 88 valence electrons. The van der Waals surface area contributed by atoms with Gasteiger partial charge in [-0.1, -0.05) is 46.3 Å². The van der Waals surface area contributed by atoms with E-state index in [1.54, 1.807) is 0 Å². The number of aryl methyl sites for hydroxylation is 2. The van der Waals surface area contributed by atoms with Crippen LogP contribution in [-0.2, 0) is 12.8 Å². The number of hydrogen-bond donors (Lipinski definition) is 0. The highest BCUT2D eigenvalue weighted by Gasteiger charge is 1.99. The second-order valence-electron chi connectivity index (χ2n) is 4.07. The second-order valence-corrected chi connectivity index (χ2v) is 6.15. The minimum Gasteiger partial charge on any atom is -0.0619 e. The molecular formula is C15H14BrI. The first-order chi connectivity index (χ1) is 8.25. The molecule has 0 aliphatic carbocycles. The van der Waals surface area contributed by atoms with Crippen molar-refractivity contribution in [3.8, 4) is 0 Å². The summed E-state index contributed by atoms with van der Waals surface area (Å²) >= 11 is 5.87. The summed E-state index contributed by atoms with van der Waals surface area (Å²) in [7, 11) is 0. The highest BCUT2D eigenvalue weighted by atomic mass is 127. The Morgan fingerprint density at radius 3 is 2.29 bits per heavy atom. The lowest BCUT2D eigenvalue weighted by molar-refractivity contribution is 0.817. The van der Waals surface area contributed by atoms with Crippen molar-refractivity contribution in [3.63, 3.8) is 0 Å². The molecular weight excluding hydrogens is 387 g/mol. The standard InChI is InChI=1S/C15H14BrI/c16-14-10-8-12(9-11-14)4-3-6-13-5-1-2-7-15(13)17/h1-2,5,7-11H,3-4,6H2. The van der Waals surface area contributed by atoms with E-state index in [-0.39, 0.29) is 0 Å². The highest BCUT2D eigenvalue weighted by molar-refractivity contribution is 14.1. The molecule has 2 rings (SSSR count). The molecule has 17 heavy (non-hydrogen) atoms. The zero-order chi connectivity index (χ0) is 12.1. The van der Waals surface area contributed by atoms with Crippen LogP contribution in [0.1, 0.15) is 17.5 Å². The molecule has 0 bridgehead atoms. The molecule has 0 amide bonds. The van der Waals surface area contributed by atoms with Gasteiger partial charge in [0.05, 0.1) is 0 Å². The van der Waals surface area contributed by atoms with Crippen molar-refractivity contribution in [2.45, 2.75) is 19.3 Å². The van der Waals surface area contributed by atoms with Crippen LogP contribution >= 0.6 is 38.5 Å². The zero-order valence-electron chi connectivity index (χ0n) is 9.50. The molecule has 0 unspecified atom stereocenters. The van der Waals surface area contributed by atoms with Crippen LogP contribution in [0.15, 0.2) is 53.0 Å². The summed E-state index contributed by atoms with van der Waals surface area (Å²) in [5.41, 5.74) is 2.88. The van der Waals surface area contributed by atoms with Gasteiger partial charge in [0.25, 0.3) is 0 Å². The summed E-state index contributed by atoms with van der Waals surface area (Å²) in [4.78, 5) is 0. The first kappa shape index (κ1) is 13.1. The van der Waals surface area contributed by atoms with E-state index in [1.165, 1.54) is 21.1 Å². The topological polar surface area (TPSA) is 0 Å². The Morgan fingerprint density at radius 1 is 0.882 bits per heavy atom. The Hall–Kier alpha value is -0.350. The molecule has 0 spiro atoms. The molecule has 0 atom stereocenters. The summed E-state index contributed by atoms with van der Waals surface area (Å²) in [6.07, 6.45) is 3.52. The fourth-order valence-corrected chi connectivity index (χ4v) is 2.76. The maximum Gasteiger partial charge on any atom is 0.0175 e. The lowest BCUT2D eigenvalue weighted by Gasteiger charge is -2.04. The van der Waals surface area contributed by atoms with E-state index >= 15 is 0 Å². The second kappa shape index (κ2) is 6.55. The van der Waals surface area contributed by atoms with Gasteiger partial charge < -0.3 is 0 Å². The van der Waals surface area contributed by atoms with E-state index in [4.69, 9.17) is 0 Å². The van der Waals surface area contributed by atoms with Crippen molar-refractivity contribution in [2.75, 3.05) is 0 Å². The van der Waals surface area contributed by atoms with Gasteiger partial charge in [-0.25, -0.2) is 0 Å². The van der Waals surface area contributed by atoms with Crippen LogP contribution in [0, 0.1) is 3.57 Å². The SMILES string of the molecule is Brc1ccc(CCCc2ccccc2I)cc1. The number of halogens is 2. The molecule has 2 aromatic carbocycles. The molecule has 0 fully saturated rings. The van der Waals surface area contributed by atoms with Crippen LogP contribution in [0.2, 0.25) is 0 Å². The number of rotatable bonds is 4. The number of benzene rings is 2. The maximum absolute atomic E-state index is 3.46. The molecule has 2 heteroatoms. The Balaban J connectivity index is 1.88. The predicted octanol–water partition coefficient (Wildman–Crippen LogP) is 5.23. The van der Waals surface area contributed by atoms with Gasteiger partial charge in [-0.2, -0.15) is 0 Å². The maximum atomic E-state index is 3.46. The third kappa shape index (κ3) is 4.11. The Morgan fingerprint density at radius 2 is 1.59 bits per heavy atom. The molecule has 0 N–H and O–H groups in total. The van der Waals surface area contributed by atoms with Crippen LogP contribution in [0.3, 0.4) is 0 Å². The molecule has 0 aliphatic heterocycles. The largest absolute Gasteiger partial charge is 0.0619 e. The van der Waals surface area contributed by atoms with Gasteiger partial charge in [-0.15, -0.1) is 0 Å². The molecule has 0 aliphatic rings. The van der Waals surface area contributed by atoms with Crippen molar-refractivity contribution in [2.24, 2.45) is 0 Å². The Bertz CT molecular complexity index is 477. The molecule has 2 aromatic rings.